The smallest absolute Gasteiger partial charge is 0.261 e. The molecule has 1 aliphatic rings. The molecular formula is C24H21N7O2S. The summed E-state index contributed by atoms with van der Waals surface area (Å²) in [6, 6.07) is 15.6. The molecule has 0 radical (unpaired) electrons. The Balaban J connectivity index is 1.38. The van der Waals surface area contributed by atoms with Crippen LogP contribution in [0, 0.1) is 0 Å². The summed E-state index contributed by atoms with van der Waals surface area (Å²) in [4.78, 5) is 32.7. The number of hydrogen-bond acceptors (Lipinski definition) is 6. The van der Waals surface area contributed by atoms with Gasteiger partial charge in [-0.1, -0.05) is 42.1 Å². The predicted octanol–water partition coefficient (Wildman–Crippen LogP) is 3.25. The van der Waals surface area contributed by atoms with Crippen LogP contribution in [-0.4, -0.2) is 35.2 Å². The topological polar surface area (TPSA) is 124 Å². The molecule has 0 spiro atoms. The Morgan fingerprint density at radius 3 is 2.65 bits per heavy atom. The lowest BCUT2D eigenvalue weighted by Crippen LogP contribution is -2.31. The summed E-state index contributed by atoms with van der Waals surface area (Å²) in [5.41, 5.74) is 7.80. The third-order valence-corrected chi connectivity index (χ3v) is 6.93. The molecule has 1 fully saturated rings. The minimum atomic E-state index is -0.590. The van der Waals surface area contributed by atoms with Gasteiger partial charge in [0.15, 0.2) is 11.0 Å². The lowest BCUT2D eigenvalue weighted by atomic mass is 10.1. The van der Waals surface area contributed by atoms with Crippen molar-refractivity contribution >= 4 is 39.5 Å². The quantitative estimate of drug-likeness (QED) is 0.351. The summed E-state index contributed by atoms with van der Waals surface area (Å²) in [5.74, 6) is 1.06. The van der Waals surface area contributed by atoms with Crippen LogP contribution in [-0.2, 0) is 17.1 Å². The van der Waals surface area contributed by atoms with Gasteiger partial charge in [-0.05, 0) is 31.0 Å². The zero-order chi connectivity index (χ0) is 23.2. The maximum absolute atomic E-state index is 13.0. The largest absolute Gasteiger partial charge is 0.368 e. The second-order valence-corrected chi connectivity index (χ2v) is 9.29. The number of thioether (sulfide) groups is 1. The second kappa shape index (κ2) is 8.14. The monoisotopic (exact) mass is 471 g/mol. The third kappa shape index (κ3) is 3.56. The molecule has 9 nitrogen and oxygen atoms in total. The van der Waals surface area contributed by atoms with Gasteiger partial charge >= 0.3 is 0 Å². The van der Waals surface area contributed by atoms with Gasteiger partial charge in [0.2, 0.25) is 5.91 Å². The normalized spacial score (nSPS) is 13.6. The van der Waals surface area contributed by atoms with E-state index in [-0.39, 0.29) is 12.1 Å². The number of carbonyl (C=O) groups excluding carboxylic acids is 1. The van der Waals surface area contributed by atoms with Gasteiger partial charge in [-0.25, -0.2) is 4.98 Å². The molecule has 0 saturated heterocycles. The van der Waals surface area contributed by atoms with E-state index in [0.717, 1.165) is 40.3 Å². The summed E-state index contributed by atoms with van der Waals surface area (Å²) in [5, 5.41) is 11.3. The molecule has 0 unspecified atom stereocenters. The van der Waals surface area contributed by atoms with Crippen molar-refractivity contribution < 1.29 is 4.79 Å². The summed E-state index contributed by atoms with van der Waals surface area (Å²) in [6.45, 7) is -0.220. The summed E-state index contributed by atoms with van der Waals surface area (Å²) < 4.78 is 3.54. The van der Waals surface area contributed by atoms with Crippen LogP contribution in [0.3, 0.4) is 0 Å². The van der Waals surface area contributed by atoms with E-state index in [0.29, 0.717) is 28.5 Å². The molecule has 3 N–H and O–H groups in total. The van der Waals surface area contributed by atoms with Crippen molar-refractivity contribution in [2.24, 2.45) is 5.73 Å². The van der Waals surface area contributed by atoms with Crippen molar-refractivity contribution in [3.8, 4) is 11.4 Å². The molecule has 10 heteroatoms. The van der Waals surface area contributed by atoms with E-state index in [1.807, 2.05) is 30.5 Å². The number of para-hydroxylation sites is 2. The number of aromatic nitrogens is 6. The van der Waals surface area contributed by atoms with E-state index < -0.39 is 5.91 Å². The number of rotatable bonds is 7. The molecule has 5 aromatic rings. The van der Waals surface area contributed by atoms with E-state index in [2.05, 4.69) is 30.8 Å². The lowest BCUT2D eigenvalue weighted by Gasteiger charge is -2.12. The second-order valence-electron chi connectivity index (χ2n) is 8.35. The number of benzene rings is 2. The molecule has 1 saturated carbocycles. The minimum absolute atomic E-state index is 0.220. The maximum Gasteiger partial charge on any atom is 0.261 e. The number of nitrogens with zero attached hydrogens (tertiary/aromatic N) is 5. The molecule has 0 atom stereocenters. The van der Waals surface area contributed by atoms with E-state index >= 15 is 0 Å². The van der Waals surface area contributed by atoms with Crippen molar-refractivity contribution in [2.45, 2.75) is 36.3 Å². The molecule has 2 aromatic carbocycles. The van der Waals surface area contributed by atoms with Gasteiger partial charge in [0.25, 0.3) is 5.56 Å². The first kappa shape index (κ1) is 20.7. The molecule has 0 bridgehead atoms. The average Bonchev–Trinajstić information content (AvgIpc) is 3.45. The Morgan fingerprint density at radius 2 is 1.85 bits per heavy atom. The molecule has 1 aliphatic carbocycles. The molecule has 170 valence electrons. The number of primary amides is 1. The number of hydrogen-bond donors (Lipinski definition) is 2. The summed E-state index contributed by atoms with van der Waals surface area (Å²) in [7, 11) is 0. The van der Waals surface area contributed by atoms with Crippen molar-refractivity contribution in [1.29, 1.82) is 0 Å². The standard InChI is InChI=1S/C24H21N7O2S/c25-20(32)12-30-21(27-19-8-4-2-6-16(19)23(30)33)13-34-24-29-28-22(31(24)14-9-10-14)17-11-26-18-7-3-1-5-15(17)18/h1-8,11,14,26H,9-10,12-13H2,(H2,25,32). The van der Waals surface area contributed by atoms with Crippen LogP contribution in [0.5, 0.6) is 0 Å². The van der Waals surface area contributed by atoms with Gasteiger partial charge in [0.1, 0.15) is 12.4 Å². The van der Waals surface area contributed by atoms with E-state index in [1.54, 1.807) is 18.2 Å². The van der Waals surface area contributed by atoms with E-state index in [9.17, 15) is 9.59 Å². The SMILES string of the molecule is NC(=O)Cn1c(CSc2nnc(-c3c[nH]c4ccccc34)n2C2CC2)nc2ccccc2c1=O. The van der Waals surface area contributed by atoms with Gasteiger partial charge in [0, 0.05) is 28.7 Å². The van der Waals surface area contributed by atoms with Crippen LogP contribution in [0.2, 0.25) is 0 Å². The van der Waals surface area contributed by atoms with Crippen LogP contribution in [0.25, 0.3) is 33.2 Å². The number of nitrogens with one attached hydrogen (secondary N) is 1. The minimum Gasteiger partial charge on any atom is -0.368 e. The predicted molar refractivity (Wildman–Crippen MR) is 130 cm³/mol. The fourth-order valence-corrected chi connectivity index (χ4v) is 5.20. The Hall–Kier alpha value is -3.92. The van der Waals surface area contributed by atoms with E-state index in [4.69, 9.17) is 5.73 Å². The number of H-pyrrole nitrogens is 1. The molecule has 3 heterocycles. The van der Waals surface area contributed by atoms with Crippen LogP contribution in [0.15, 0.2) is 64.7 Å². The van der Waals surface area contributed by atoms with Crippen molar-refractivity contribution in [2.75, 3.05) is 0 Å². The van der Waals surface area contributed by atoms with Crippen LogP contribution in [0.4, 0.5) is 0 Å². The summed E-state index contributed by atoms with van der Waals surface area (Å²) >= 11 is 1.46. The molecular weight excluding hydrogens is 450 g/mol. The number of nitrogens with two attached hydrogens (primary N) is 1. The summed E-state index contributed by atoms with van der Waals surface area (Å²) in [6.07, 6.45) is 4.11. The Morgan fingerprint density at radius 1 is 1.09 bits per heavy atom. The highest BCUT2D eigenvalue weighted by Crippen LogP contribution is 2.42. The molecule has 1 amide bonds. The van der Waals surface area contributed by atoms with Crippen molar-refractivity contribution in [3.05, 3.63) is 70.9 Å². The number of carbonyl (C=O) groups is 1. The Bertz CT molecular complexity index is 1610. The molecule has 6 rings (SSSR count). The zero-order valence-corrected chi connectivity index (χ0v) is 19.0. The molecule has 34 heavy (non-hydrogen) atoms. The van der Waals surface area contributed by atoms with Gasteiger partial charge in [-0.2, -0.15) is 0 Å². The lowest BCUT2D eigenvalue weighted by molar-refractivity contribution is -0.118. The van der Waals surface area contributed by atoms with Crippen molar-refractivity contribution in [3.63, 3.8) is 0 Å². The van der Waals surface area contributed by atoms with E-state index in [1.165, 1.54) is 16.3 Å². The third-order valence-electron chi connectivity index (χ3n) is 5.99. The zero-order valence-electron chi connectivity index (χ0n) is 18.1. The van der Waals surface area contributed by atoms with Crippen LogP contribution < -0.4 is 11.3 Å². The van der Waals surface area contributed by atoms with Gasteiger partial charge in [-0.15, -0.1) is 10.2 Å². The fraction of sp³-hybridized carbons (Fsp3) is 0.208. The first-order valence-electron chi connectivity index (χ1n) is 11.0. The Labute approximate surface area is 198 Å². The van der Waals surface area contributed by atoms with Crippen molar-refractivity contribution in [1.82, 2.24) is 29.3 Å². The van der Waals surface area contributed by atoms with Crippen LogP contribution in [0.1, 0.15) is 24.7 Å². The van der Waals surface area contributed by atoms with Gasteiger partial charge < -0.3 is 10.7 Å². The first-order valence-corrected chi connectivity index (χ1v) is 12.0. The van der Waals surface area contributed by atoms with Gasteiger partial charge in [-0.3, -0.25) is 18.7 Å². The highest BCUT2D eigenvalue weighted by atomic mass is 32.2. The first-order chi connectivity index (χ1) is 16.6. The number of fused-ring (bicyclic) bond motifs is 2. The molecule has 3 aromatic heterocycles. The fourth-order valence-electron chi connectivity index (χ4n) is 4.25. The Kier molecular flexibility index (Phi) is 4.95. The van der Waals surface area contributed by atoms with Crippen LogP contribution >= 0.6 is 11.8 Å². The molecule has 0 aliphatic heterocycles. The highest BCUT2D eigenvalue weighted by Gasteiger charge is 2.31. The average molecular weight is 472 g/mol. The number of amides is 1. The number of aromatic amines is 1. The highest BCUT2D eigenvalue weighted by molar-refractivity contribution is 7.98. The maximum atomic E-state index is 13.0. The van der Waals surface area contributed by atoms with Gasteiger partial charge in [0.05, 0.1) is 16.7 Å².